The van der Waals surface area contributed by atoms with Crippen molar-refractivity contribution in [1.29, 1.82) is 5.26 Å². The Bertz CT molecular complexity index is 2540. The minimum atomic E-state index is -1.25. The van der Waals surface area contributed by atoms with Crippen LogP contribution in [0.15, 0.2) is 127 Å². The second kappa shape index (κ2) is 40.4. The third kappa shape index (κ3) is 24.3. The van der Waals surface area contributed by atoms with E-state index >= 15 is 0 Å². The van der Waals surface area contributed by atoms with Crippen LogP contribution in [0.5, 0.6) is 0 Å². The zero-order chi connectivity index (χ0) is 59.2. The first-order valence-electron chi connectivity index (χ1n) is 28.6. The van der Waals surface area contributed by atoms with Gasteiger partial charge >= 0.3 is 0 Å². The largest absolute Gasteiger partial charge is 0.394 e. The van der Waals surface area contributed by atoms with E-state index in [9.17, 15) is 15.3 Å². The van der Waals surface area contributed by atoms with Crippen molar-refractivity contribution in [2.75, 3.05) is 187 Å². The van der Waals surface area contributed by atoms with Gasteiger partial charge in [-0.15, -0.1) is 0 Å². The SMILES string of the molecule is Cc1cc(N(Cc2ccccc2)CC(O)COCCOCCOCCOCCOCCO)ccc1C(C#N)(c1ccc(N(C)C)cc1)c1ccc(N(Cc2ccccc2)CC(COCCOCCOCCOCCOCCO)N=O)cc1C. The molecule has 5 rings (SSSR count). The van der Waals surface area contributed by atoms with Crippen molar-refractivity contribution in [2.24, 2.45) is 5.18 Å². The highest BCUT2D eigenvalue weighted by atomic mass is 16.6. The lowest BCUT2D eigenvalue weighted by molar-refractivity contribution is -0.0212. The predicted octanol–water partition coefficient (Wildman–Crippen LogP) is 6.89. The normalized spacial score (nSPS) is 12.8. The Morgan fingerprint density at radius 1 is 0.482 bits per heavy atom. The number of ether oxygens (including phenoxy) is 10. The number of aliphatic hydroxyl groups is 3. The fraction of sp³-hybridized carbons (Fsp3) is 0.516. The topological polar surface area (TPSA) is 216 Å². The number of rotatable bonds is 47. The van der Waals surface area contributed by atoms with Gasteiger partial charge in [-0.3, -0.25) is 0 Å². The highest BCUT2D eigenvalue weighted by molar-refractivity contribution is 5.66. The summed E-state index contributed by atoms with van der Waals surface area (Å²) in [6.45, 7) is 12.8. The van der Waals surface area contributed by atoms with Crippen LogP contribution < -0.4 is 14.7 Å². The molecule has 0 saturated heterocycles. The van der Waals surface area contributed by atoms with E-state index in [2.05, 4.69) is 57.4 Å². The van der Waals surface area contributed by atoms with E-state index < -0.39 is 17.6 Å². The number of nitriles is 1. The van der Waals surface area contributed by atoms with Gasteiger partial charge in [-0.2, -0.15) is 10.2 Å². The summed E-state index contributed by atoms with van der Waals surface area (Å²) in [4.78, 5) is 18.8. The maximum atomic E-state index is 12.4. The summed E-state index contributed by atoms with van der Waals surface area (Å²) >= 11 is 0. The van der Waals surface area contributed by atoms with Gasteiger partial charge in [-0.25, -0.2) is 0 Å². The van der Waals surface area contributed by atoms with Crippen LogP contribution in [-0.2, 0) is 65.9 Å². The molecule has 83 heavy (non-hydrogen) atoms. The molecular weight excluding hydrogens is 1060 g/mol. The van der Waals surface area contributed by atoms with Crippen molar-refractivity contribution in [2.45, 2.75) is 44.5 Å². The first kappa shape index (κ1) is 67.9. The molecule has 0 aliphatic carbocycles. The van der Waals surface area contributed by atoms with Crippen LogP contribution >= 0.6 is 0 Å². The molecule has 3 N–H and O–H groups in total. The molecule has 0 saturated carbocycles. The number of aliphatic hydroxyl groups excluding tert-OH is 3. The van der Waals surface area contributed by atoms with Crippen LogP contribution in [0.2, 0.25) is 0 Å². The van der Waals surface area contributed by atoms with Crippen molar-refractivity contribution in [3.63, 3.8) is 0 Å². The Kier molecular flexibility index (Phi) is 33.0. The number of nitroso groups, excluding NO2 is 1. The van der Waals surface area contributed by atoms with E-state index in [1.54, 1.807) is 0 Å². The molecule has 0 fully saturated rings. The average molecular weight is 1150 g/mol. The summed E-state index contributed by atoms with van der Waals surface area (Å²) < 4.78 is 55.5. The summed E-state index contributed by atoms with van der Waals surface area (Å²) in [6.07, 6.45) is -0.818. The van der Waals surface area contributed by atoms with Crippen molar-refractivity contribution < 1.29 is 62.7 Å². The van der Waals surface area contributed by atoms with Crippen LogP contribution in [0.4, 0.5) is 17.1 Å². The van der Waals surface area contributed by atoms with Crippen molar-refractivity contribution >= 4 is 17.1 Å². The highest BCUT2D eigenvalue weighted by Crippen LogP contribution is 2.44. The van der Waals surface area contributed by atoms with E-state index in [1.807, 2.05) is 118 Å². The number of hydrogen-bond donors (Lipinski definition) is 3. The van der Waals surface area contributed by atoms with Crippen molar-refractivity contribution in [1.82, 2.24) is 0 Å². The minimum Gasteiger partial charge on any atom is -0.394 e. The molecule has 454 valence electrons. The zero-order valence-corrected chi connectivity index (χ0v) is 49.2. The molecule has 19 nitrogen and oxygen atoms in total. The smallest absolute Gasteiger partial charge is 0.133 e. The second-order valence-corrected chi connectivity index (χ2v) is 19.9. The van der Waals surface area contributed by atoms with Gasteiger partial charge in [0.25, 0.3) is 0 Å². The predicted molar refractivity (Wildman–Crippen MR) is 322 cm³/mol. The van der Waals surface area contributed by atoms with Gasteiger partial charge in [0.05, 0.1) is 158 Å². The number of anilines is 3. The van der Waals surface area contributed by atoms with Crippen LogP contribution in [-0.4, -0.2) is 200 Å². The molecular formula is C64H89N5O14. The molecule has 19 heteroatoms. The third-order valence-corrected chi connectivity index (χ3v) is 13.5. The van der Waals surface area contributed by atoms with E-state index in [1.165, 1.54) is 0 Å². The number of nitrogens with zero attached hydrogens (tertiary/aromatic N) is 5. The molecule has 0 radical (unpaired) electrons. The summed E-state index contributed by atoms with van der Waals surface area (Å²) in [6, 6.07) is 42.8. The highest BCUT2D eigenvalue weighted by Gasteiger charge is 2.40. The summed E-state index contributed by atoms with van der Waals surface area (Å²) in [5.41, 5.74) is 7.86. The quantitative estimate of drug-likeness (QED) is 0.0205. The van der Waals surface area contributed by atoms with Gasteiger partial charge in [-0.05, 0) is 89.2 Å². The van der Waals surface area contributed by atoms with E-state index in [-0.39, 0.29) is 46.1 Å². The average Bonchev–Trinajstić information content (AvgIpc) is 2.06. The van der Waals surface area contributed by atoms with Gasteiger partial charge in [-0.1, -0.05) is 90.1 Å². The van der Waals surface area contributed by atoms with Crippen molar-refractivity contribution in [3.05, 3.63) is 165 Å². The van der Waals surface area contributed by atoms with Crippen molar-refractivity contribution in [3.8, 4) is 6.07 Å². The maximum Gasteiger partial charge on any atom is 0.133 e. The maximum absolute atomic E-state index is 12.4. The minimum absolute atomic E-state index is 0.0101. The molecule has 0 spiro atoms. The van der Waals surface area contributed by atoms with Gasteiger partial charge in [0.2, 0.25) is 0 Å². The molecule has 0 amide bonds. The molecule has 0 aliphatic heterocycles. The van der Waals surface area contributed by atoms with E-state index in [0.29, 0.717) is 125 Å². The Hall–Kier alpha value is -5.93. The second-order valence-electron chi connectivity index (χ2n) is 19.9. The van der Waals surface area contributed by atoms with Crippen LogP contribution in [0.3, 0.4) is 0 Å². The Morgan fingerprint density at radius 2 is 0.843 bits per heavy atom. The zero-order valence-electron chi connectivity index (χ0n) is 49.2. The molecule has 0 aliphatic rings. The number of benzene rings is 5. The molecule has 0 heterocycles. The molecule has 5 aromatic carbocycles. The number of aryl methyl sites for hydroxylation is 2. The standard InChI is InChI=1S/C64H89N5O14/c1-52-43-59(68(45-54-11-7-5-8-12-54)47-57(66-73)49-82-41-39-80-37-35-78-33-31-76-29-27-74-25-23-70)19-21-62(52)64(51-65,56-15-17-58(18-16-56)67(3)4)63-22-20-60(44-53(63)2)69(46-55-13-9-6-10-14-55)48-61(72)50-83-42-40-81-38-36-79-34-32-77-30-28-75-26-24-71/h5-22,43-44,57,61,70-72H,23-42,45-50H2,1-4H3. The molecule has 3 unspecified atom stereocenters. The lowest BCUT2D eigenvalue weighted by Gasteiger charge is -2.34. The molecule has 0 bridgehead atoms. The first-order chi connectivity index (χ1) is 40.6. The van der Waals surface area contributed by atoms with E-state index in [0.717, 1.165) is 56.0 Å². The van der Waals surface area contributed by atoms with Crippen LogP contribution in [0, 0.1) is 30.1 Å². The molecule has 5 aromatic rings. The number of hydrogen-bond acceptors (Lipinski definition) is 19. The Morgan fingerprint density at radius 3 is 1.20 bits per heavy atom. The summed E-state index contributed by atoms with van der Waals surface area (Å²) in [5, 5.41) is 44.3. The van der Waals surface area contributed by atoms with Crippen LogP contribution in [0.1, 0.15) is 38.9 Å². The Labute approximate surface area is 491 Å². The lowest BCUT2D eigenvalue weighted by atomic mass is 9.68. The molecule has 0 aromatic heterocycles. The van der Waals surface area contributed by atoms with Gasteiger partial charge < -0.3 is 77.4 Å². The molecule has 3 atom stereocenters. The monoisotopic (exact) mass is 1150 g/mol. The fourth-order valence-corrected chi connectivity index (χ4v) is 9.32. The van der Waals surface area contributed by atoms with E-state index in [4.69, 9.17) is 57.6 Å². The fourth-order valence-electron chi connectivity index (χ4n) is 9.32. The summed E-state index contributed by atoms with van der Waals surface area (Å²) in [5.74, 6) is 0. The van der Waals surface area contributed by atoms with Gasteiger partial charge in [0.1, 0.15) is 11.5 Å². The third-order valence-electron chi connectivity index (χ3n) is 13.5. The summed E-state index contributed by atoms with van der Waals surface area (Å²) in [7, 11) is 3.98. The lowest BCUT2D eigenvalue weighted by Crippen LogP contribution is -2.35. The van der Waals surface area contributed by atoms with Gasteiger partial charge in [0.15, 0.2) is 0 Å². The van der Waals surface area contributed by atoms with Gasteiger partial charge in [0, 0.05) is 57.3 Å². The van der Waals surface area contributed by atoms with Crippen LogP contribution in [0.25, 0.3) is 0 Å². The Balaban J connectivity index is 1.29. The first-order valence-corrected chi connectivity index (χ1v) is 28.6.